The van der Waals surface area contributed by atoms with Gasteiger partial charge in [0.1, 0.15) is 5.82 Å². The van der Waals surface area contributed by atoms with E-state index in [2.05, 4.69) is 15.7 Å². The van der Waals surface area contributed by atoms with E-state index in [0.29, 0.717) is 18.7 Å². The minimum Gasteiger partial charge on any atom is -0.394 e. The Morgan fingerprint density at radius 3 is 2.73 bits per heavy atom. The molecular weight excluding hydrogens is 194 g/mol. The smallest absolute Gasteiger partial charge is 0.221 e. The number of aromatic nitrogens is 2. The second-order valence-corrected chi connectivity index (χ2v) is 3.32. The quantitative estimate of drug-likeness (QED) is 0.647. The largest absolute Gasteiger partial charge is 0.394 e. The van der Waals surface area contributed by atoms with Crippen LogP contribution in [0.25, 0.3) is 0 Å². The van der Waals surface area contributed by atoms with E-state index < -0.39 is 0 Å². The second kappa shape index (κ2) is 4.68. The zero-order valence-corrected chi connectivity index (χ0v) is 9.29. The van der Waals surface area contributed by atoms with Crippen molar-refractivity contribution in [2.24, 2.45) is 7.05 Å². The van der Waals surface area contributed by atoms with Gasteiger partial charge in [0, 0.05) is 27.1 Å². The molecule has 1 amide bonds. The van der Waals surface area contributed by atoms with Gasteiger partial charge < -0.3 is 16.4 Å². The Kier molecular flexibility index (Phi) is 3.54. The number of aryl methyl sites for hydroxylation is 2. The van der Waals surface area contributed by atoms with Crippen LogP contribution in [0.3, 0.4) is 0 Å². The molecule has 6 nitrogen and oxygen atoms in total. The summed E-state index contributed by atoms with van der Waals surface area (Å²) in [5.74, 6) is 0.761. The fraction of sp³-hybridized carbons (Fsp3) is 0.556. The summed E-state index contributed by atoms with van der Waals surface area (Å²) in [4.78, 5) is 11.0. The summed E-state index contributed by atoms with van der Waals surface area (Å²) in [6.45, 7) is 2.39. The van der Waals surface area contributed by atoms with E-state index in [0.717, 1.165) is 11.5 Å². The van der Waals surface area contributed by atoms with Gasteiger partial charge in [-0.05, 0) is 6.92 Å². The third-order valence-corrected chi connectivity index (χ3v) is 2.19. The van der Waals surface area contributed by atoms with E-state index in [-0.39, 0.29) is 5.91 Å². The molecule has 0 aliphatic rings. The van der Waals surface area contributed by atoms with Crippen molar-refractivity contribution in [3.05, 3.63) is 5.69 Å². The Bertz CT molecular complexity index is 358. The number of nitrogens with zero attached hydrogens (tertiary/aromatic N) is 2. The number of carbonyl (C=O) groups excluding carboxylic acids is 1. The summed E-state index contributed by atoms with van der Waals surface area (Å²) >= 11 is 0. The number of carbonyl (C=O) groups is 1. The van der Waals surface area contributed by atoms with Gasteiger partial charge in [-0.25, -0.2) is 0 Å². The fourth-order valence-electron chi connectivity index (χ4n) is 1.30. The molecule has 0 radical (unpaired) electrons. The van der Waals surface area contributed by atoms with Gasteiger partial charge in [0.25, 0.3) is 0 Å². The Hall–Kier alpha value is -1.72. The number of anilines is 2. The maximum Gasteiger partial charge on any atom is 0.221 e. The van der Waals surface area contributed by atoms with Crippen molar-refractivity contribution in [2.75, 3.05) is 24.6 Å². The van der Waals surface area contributed by atoms with Crippen molar-refractivity contribution >= 4 is 17.4 Å². The molecule has 0 bridgehead atoms. The molecule has 4 N–H and O–H groups in total. The van der Waals surface area contributed by atoms with Gasteiger partial charge in [0.05, 0.1) is 11.4 Å². The maximum atomic E-state index is 11.0. The van der Waals surface area contributed by atoms with Crippen LogP contribution in [-0.2, 0) is 11.8 Å². The number of hydrogen-bond acceptors (Lipinski definition) is 4. The predicted molar refractivity (Wildman–Crippen MR) is 59.5 cm³/mol. The monoisotopic (exact) mass is 211 g/mol. The normalized spacial score (nSPS) is 10.1. The van der Waals surface area contributed by atoms with Gasteiger partial charge in [-0.1, -0.05) is 0 Å². The molecule has 1 aromatic heterocycles. The molecule has 0 atom stereocenters. The first kappa shape index (κ1) is 11.4. The minimum absolute atomic E-state index is 0.0000354. The number of hydrogen-bond donors (Lipinski definition) is 3. The molecule has 0 aromatic carbocycles. The van der Waals surface area contributed by atoms with Crippen LogP contribution < -0.4 is 16.4 Å². The molecular formula is C9H17N5O. The fourth-order valence-corrected chi connectivity index (χ4v) is 1.30. The first-order chi connectivity index (χ1) is 7.06. The SMILES string of the molecule is CNC(=O)CCNc1c(N)c(C)nn1C. The standard InChI is InChI=1S/C9H17N5O/c1-6-8(10)9(14(3)13-6)12-5-4-7(15)11-2/h12H,4-5,10H2,1-3H3,(H,11,15). The van der Waals surface area contributed by atoms with Crippen LogP contribution in [0.15, 0.2) is 0 Å². The van der Waals surface area contributed by atoms with E-state index in [1.165, 1.54) is 0 Å². The van der Waals surface area contributed by atoms with Crippen molar-refractivity contribution in [3.8, 4) is 0 Å². The van der Waals surface area contributed by atoms with Crippen LogP contribution in [-0.4, -0.2) is 29.3 Å². The van der Waals surface area contributed by atoms with Crippen molar-refractivity contribution in [1.82, 2.24) is 15.1 Å². The average molecular weight is 211 g/mol. The molecule has 1 heterocycles. The lowest BCUT2D eigenvalue weighted by atomic mass is 10.3. The summed E-state index contributed by atoms with van der Waals surface area (Å²) in [6, 6.07) is 0. The molecule has 0 fully saturated rings. The Morgan fingerprint density at radius 1 is 1.60 bits per heavy atom. The Morgan fingerprint density at radius 2 is 2.27 bits per heavy atom. The van der Waals surface area contributed by atoms with Crippen molar-refractivity contribution in [1.29, 1.82) is 0 Å². The third kappa shape index (κ3) is 2.61. The molecule has 6 heteroatoms. The van der Waals surface area contributed by atoms with Crippen LogP contribution in [0, 0.1) is 6.92 Å². The van der Waals surface area contributed by atoms with E-state index in [4.69, 9.17) is 5.73 Å². The van der Waals surface area contributed by atoms with Gasteiger partial charge in [-0.15, -0.1) is 0 Å². The average Bonchev–Trinajstić information content (AvgIpc) is 2.44. The first-order valence-electron chi connectivity index (χ1n) is 4.79. The molecule has 1 rings (SSSR count). The van der Waals surface area contributed by atoms with Crippen molar-refractivity contribution in [3.63, 3.8) is 0 Å². The highest BCUT2D eigenvalue weighted by atomic mass is 16.1. The van der Waals surface area contributed by atoms with E-state index in [9.17, 15) is 4.79 Å². The van der Waals surface area contributed by atoms with Crippen LogP contribution in [0.2, 0.25) is 0 Å². The molecule has 1 aromatic rings. The Balaban J connectivity index is 2.54. The van der Waals surface area contributed by atoms with Gasteiger partial charge in [-0.3, -0.25) is 9.48 Å². The lowest BCUT2D eigenvalue weighted by molar-refractivity contribution is -0.120. The van der Waals surface area contributed by atoms with E-state index >= 15 is 0 Å². The molecule has 0 aliphatic heterocycles. The molecule has 0 saturated heterocycles. The molecule has 84 valence electrons. The topological polar surface area (TPSA) is 85.0 Å². The molecule has 0 aliphatic carbocycles. The second-order valence-electron chi connectivity index (χ2n) is 3.32. The minimum atomic E-state index is -0.0000354. The van der Waals surface area contributed by atoms with Crippen molar-refractivity contribution in [2.45, 2.75) is 13.3 Å². The van der Waals surface area contributed by atoms with E-state index in [1.54, 1.807) is 11.7 Å². The number of nitrogens with one attached hydrogen (secondary N) is 2. The van der Waals surface area contributed by atoms with Gasteiger partial charge in [0.15, 0.2) is 0 Å². The number of nitrogen functional groups attached to an aromatic ring is 1. The summed E-state index contributed by atoms with van der Waals surface area (Å²) in [5.41, 5.74) is 7.23. The highest BCUT2D eigenvalue weighted by Gasteiger charge is 2.09. The first-order valence-corrected chi connectivity index (χ1v) is 4.79. The summed E-state index contributed by atoms with van der Waals surface area (Å²) in [6.07, 6.45) is 0.417. The van der Waals surface area contributed by atoms with Gasteiger partial charge >= 0.3 is 0 Å². The highest BCUT2D eigenvalue weighted by molar-refractivity contribution is 5.76. The lowest BCUT2D eigenvalue weighted by Crippen LogP contribution is -2.21. The van der Waals surface area contributed by atoms with Crippen LogP contribution in [0.1, 0.15) is 12.1 Å². The van der Waals surface area contributed by atoms with Crippen LogP contribution in [0.4, 0.5) is 11.5 Å². The maximum absolute atomic E-state index is 11.0. The summed E-state index contributed by atoms with van der Waals surface area (Å²) in [7, 11) is 3.43. The van der Waals surface area contributed by atoms with Gasteiger partial charge in [0.2, 0.25) is 5.91 Å². The van der Waals surface area contributed by atoms with Crippen molar-refractivity contribution < 1.29 is 4.79 Å². The predicted octanol–water partition coefficient (Wildman–Crippen LogP) is -0.141. The number of rotatable bonds is 4. The molecule has 0 unspecified atom stereocenters. The molecule has 0 saturated carbocycles. The highest BCUT2D eigenvalue weighted by Crippen LogP contribution is 2.20. The zero-order valence-electron chi connectivity index (χ0n) is 9.29. The third-order valence-electron chi connectivity index (χ3n) is 2.19. The van der Waals surface area contributed by atoms with Gasteiger partial charge in [-0.2, -0.15) is 5.10 Å². The lowest BCUT2D eigenvalue weighted by Gasteiger charge is -2.06. The molecule has 15 heavy (non-hydrogen) atoms. The number of nitrogens with two attached hydrogens (primary N) is 1. The van der Waals surface area contributed by atoms with Crippen LogP contribution in [0.5, 0.6) is 0 Å². The summed E-state index contributed by atoms with van der Waals surface area (Å²) < 4.78 is 1.68. The molecule has 0 spiro atoms. The summed E-state index contributed by atoms with van der Waals surface area (Å²) in [5, 5.41) is 9.79. The number of amides is 1. The van der Waals surface area contributed by atoms with E-state index in [1.807, 2.05) is 14.0 Å². The zero-order chi connectivity index (χ0) is 11.4. The Labute approximate surface area is 88.8 Å². The van der Waals surface area contributed by atoms with Crippen LogP contribution >= 0.6 is 0 Å².